The molecule has 0 saturated carbocycles. The first kappa shape index (κ1) is 16.4. The number of rotatable bonds is 3. The normalized spacial score (nSPS) is 11.4. The summed E-state index contributed by atoms with van der Waals surface area (Å²) in [6.45, 7) is 1.77. The molecule has 0 saturated heterocycles. The molecule has 0 aliphatic rings. The van der Waals surface area contributed by atoms with Gasteiger partial charge >= 0.3 is 0 Å². The van der Waals surface area contributed by atoms with Crippen LogP contribution in [-0.4, -0.2) is 13.5 Å². The highest BCUT2D eigenvalue weighted by Crippen LogP contribution is 2.35. The van der Waals surface area contributed by atoms with Gasteiger partial charge in [0.2, 0.25) is 0 Å². The van der Waals surface area contributed by atoms with Crippen molar-refractivity contribution in [3.8, 4) is 5.75 Å². The maximum atomic E-state index is 12.4. The Hall–Kier alpha value is -0.950. The fourth-order valence-corrected chi connectivity index (χ4v) is 4.72. The summed E-state index contributed by atoms with van der Waals surface area (Å²) in [5.74, 6) is -0.187. The Kier molecular flexibility index (Phi) is 4.72. The Balaban J connectivity index is 2.51. The number of nitrogens with one attached hydrogen (secondary N) is 1. The highest BCUT2D eigenvalue weighted by atomic mass is 79.9. The molecule has 0 fully saturated rings. The number of halogens is 3. The van der Waals surface area contributed by atoms with Crippen molar-refractivity contribution in [1.82, 2.24) is 0 Å². The molecule has 2 aromatic rings. The van der Waals surface area contributed by atoms with E-state index in [1.807, 2.05) is 0 Å². The maximum absolute atomic E-state index is 12.4. The molecule has 2 rings (SSSR count). The molecule has 0 spiro atoms. The van der Waals surface area contributed by atoms with E-state index < -0.39 is 10.0 Å². The quantitative estimate of drug-likeness (QED) is 0.728. The Morgan fingerprint density at radius 2 is 1.71 bits per heavy atom. The van der Waals surface area contributed by atoms with Gasteiger partial charge in [0.25, 0.3) is 10.0 Å². The van der Waals surface area contributed by atoms with Crippen LogP contribution in [0.2, 0.25) is 10.0 Å². The van der Waals surface area contributed by atoms with Gasteiger partial charge in [-0.15, -0.1) is 0 Å². The zero-order chi connectivity index (χ0) is 15.8. The summed E-state index contributed by atoms with van der Waals surface area (Å²) in [6, 6.07) is 7.43. The maximum Gasteiger partial charge on any atom is 0.265 e. The lowest BCUT2D eigenvalue weighted by molar-refractivity contribution is 0.477. The monoisotopic (exact) mass is 409 g/mol. The van der Waals surface area contributed by atoms with Gasteiger partial charge in [0, 0.05) is 4.47 Å². The fourth-order valence-electron chi connectivity index (χ4n) is 1.71. The number of anilines is 1. The van der Waals surface area contributed by atoms with Crippen LogP contribution in [0.5, 0.6) is 5.75 Å². The summed E-state index contributed by atoms with van der Waals surface area (Å²) in [6.07, 6.45) is 0. The zero-order valence-corrected chi connectivity index (χ0v) is 14.6. The lowest BCUT2D eigenvalue weighted by atomic mass is 10.2. The fraction of sp³-hybridized carbons (Fsp3) is 0.0769. The third-order valence-corrected chi connectivity index (χ3v) is 5.37. The molecule has 0 aliphatic heterocycles. The van der Waals surface area contributed by atoms with E-state index in [1.54, 1.807) is 13.0 Å². The molecule has 112 valence electrons. The van der Waals surface area contributed by atoms with Crippen molar-refractivity contribution in [2.24, 2.45) is 0 Å². The van der Waals surface area contributed by atoms with Gasteiger partial charge in [0.05, 0.1) is 15.7 Å². The van der Waals surface area contributed by atoms with Crippen LogP contribution in [0.3, 0.4) is 0 Å². The van der Waals surface area contributed by atoms with Gasteiger partial charge in [0.1, 0.15) is 10.6 Å². The standard InChI is InChI=1S/C13H10BrCl2NO3S/c1-7-2-3-12(18)11(4-7)17-21(19,20)13-9(15)5-8(14)6-10(13)16/h2-6,17-18H,1H3. The van der Waals surface area contributed by atoms with Gasteiger partial charge in [-0.2, -0.15) is 0 Å². The summed E-state index contributed by atoms with van der Waals surface area (Å²) in [5.41, 5.74) is 0.851. The van der Waals surface area contributed by atoms with Crippen LogP contribution in [0, 0.1) is 6.92 Å². The molecule has 21 heavy (non-hydrogen) atoms. The summed E-state index contributed by atoms with van der Waals surface area (Å²) in [5, 5.41) is 9.69. The largest absolute Gasteiger partial charge is 0.506 e. The predicted molar refractivity (Wildman–Crippen MR) is 87.8 cm³/mol. The lowest BCUT2D eigenvalue weighted by Gasteiger charge is -2.13. The minimum Gasteiger partial charge on any atom is -0.506 e. The molecule has 0 unspecified atom stereocenters. The van der Waals surface area contributed by atoms with Gasteiger partial charge in [-0.25, -0.2) is 8.42 Å². The van der Waals surface area contributed by atoms with Gasteiger partial charge < -0.3 is 5.11 Å². The molecule has 4 nitrogen and oxygen atoms in total. The topological polar surface area (TPSA) is 66.4 Å². The molecule has 0 bridgehead atoms. The number of sulfonamides is 1. The second-order valence-corrected chi connectivity index (χ2v) is 7.67. The summed E-state index contributed by atoms with van der Waals surface area (Å²) < 4.78 is 27.7. The van der Waals surface area contributed by atoms with Gasteiger partial charge in [-0.05, 0) is 36.8 Å². The first-order chi connectivity index (χ1) is 9.70. The van der Waals surface area contributed by atoms with Crippen LogP contribution in [0.25, 0.3) is 0 Å². The lowest BCUT2D eigenvalue weighted by Crippen LogP contribution is -2.14. The SMILES string of the molecule is Cc1ccc(O)c(NS(=O)(=O)c2c(Cl)cc(Br)cc2Cl)c1. The van der Waals surface area contributed by atoms with E-state index in [2.05, 4.69) is 20.7 Å². The third kappa shape index (κ3) is 3.63. The predicted octanol–water partition coefficient (Wildman–Crippen LogP) is 4.57. The van der Waals surface area contributed by atoms with Crippen LogP contribution in [0.4, 0.5) is 5.69 Å². The Bertz CT molecular complexity index is 786. The molecule has 2 N–H and O–H groups in total. The highest BCUT2D eigenvalue weighted by Gasteiger charge is 2.23. The van der Waals surface area contributed by atoms with Gasteiger partial charge in [-0.3, -0.25) is 4.72 Å². The van der Waals surface area contributed by atoms with Gasteiger partial charge in [0.15, 0.2) is 0 Å². The highest BCUT2D eigenvalue weighted by molar-refractivity contribution is 9.10. The Morgan fingerprint density at radius 3 is 2.29 bits per heavy atom. The first-order valence-electron chi connectivity index (χ1n) is 5.67. The van der Waals surface area contributed by atoms with Crippen molar-refractivity contribution in [2.75, 3.05) is 4.72 Å². The van der Waals surface area contributed by atoms with Crippen molar-refractivity contribution in [1.29, 1.82) is 0 Å². The molecule has 0 heterocycles. The van der Waals surface area contributed by atoms with E-state index in [9.17, 15) is 13.5 Å². The van der Waals surface area contributed by atoms with E-state index >= 15 is 0 Å². The molecule has 0 aliphatic carbocycles. The van der Waals surface area contributed by atoms with E-state index in [0.717, 1.165) is 5.56 Å². The van der Waals surface area contributed by atoms with E-state index in [1.165, 1.54) is 24.3 Å². The molecule has 0 radical (unpaired) electrons. The second-order valence-electron chi connectivity index (χ2n) is 4.32. The zero-order valence-electron chi connectivity index (χ0n) is 10.7. The van der Waals surface area contributed by atoms with Crippen molar-refractivity contribution in [3.63, 3.8) is 0 Å². The summed E-state index contributed by atoms with van der Waals surface area (Å²) in [4.78, 5) is -0.241. The Morgan fingerprint density at radius 1 is 1.14 bits per heavy atom. The Labute approximate surface area is 140 Å². The molecule has 0 amide bonds. The number of aryl methyl sites for hydroxylation is 1. The molecule has 8 heteroatoms. The number of hydrogen-bond donors (Lipinski definition) is 2. The van der Waals surface area contributed by atoms with Crippen molar-refractivity contribution < 1.29 is 13.5 Å². The number of aromatic hydroxyl groups is 1. The summed E-state index contributed by atoms with van der Waals surface area (Å²) in [7, 11) is -4.03. The first-order valence-corrected chi connectivity index (χ1v) is 8.71. The molecule has 2 aromatic carbocycles. The van der Waals surface area contributed by atoms with E-state index in [0.29, 0.717) is 4.47 Å². The summed E-state index contributed by atoms with van der Waals surface area (Å²) >= 11 is 15.1. The minimum atomic E-state index is -4.03. The molecule has 0 atom stereocenters. The average molecular weight is 411 g/mol. The smallest absolute Gasteiger partial charge is 0.265 e. The second kappa shape index (κ2) is 6.04. The van der Waals surface area contributed by atoms with Crippen LogP contribution < -0.4 is 4.72 Å². The van der Waals surface area contributed by atoms with Crippen molar-refractivity contribution in [2.45, 2.75) is 11.8 Å². The minimum absolute atomic E-state index is 0.0194. The van der Waals surface area contributed by atoms with E-state index in [4.69, 9.17) is 23.2 Å². The number of hydrogen-bond acceptors (Lipinski definition) is 3. The van der Waals surface area contributed by atoms with Gasteiger partial charge in [-0.1, -0.05) is 45.2 Å². The van der Waals surface area contributed by atoms with Crippen LogP contribution in [0.15, 0.2) is 39.7 Å². The average Bonchev–Trinajstić information content (AvgIpc) is 2.31. The van der Waals surface area contributed by atoms with Crippen LogP contribution in [0.1, 0.15) is 5.56 Å². The third-order valence-electron chi connectivity index (χ3n) is 2.63. The molecular formula is C13H10BrCl2NO3S. The van der Waals surface area contributed by atoms with Crippen molar-refractivity contribution >= 4 is 54.8 Å². The number of benzene rings is 2. The molecule has 0 aromatic heterocycles. The number of phenols is 1. The number of phenolic OH excluding ortho intramolecular Hbond substituents is 1. The van der Waals surface area contributed by atoms with Crippen LogP contribution >= 0.6 is 39.1 Å². The molecular weight excluding hydrogens is 401 g/mol. The van der Waals surface area contributed by atoms with Crippen molar-refractivity contribution in [3.05, 3.63) is 50.4 Å². The van der Waals surface area contributed by atoms with E-state index in [-0.39, 0.29) is 26.4 Å². The van der Waals surface area contributed by atoms with Crippen LogP contribution in [-0.2, 0) is 10.0 Å².